The lowest BCUT2D eigenvalue weighted by Crippen LogP contribution is -2.59. The maximum atomic E-state index is 12.4. The Morgan fingerprint density at radius 3 is 1.97 bits per heavy atom. The van der Waals surface area contributed by atoms with Crippen molar-refractivity contribution in [3.8, 4) is 0 Å². The molecule has 0 aliphatic rings. The number of primary amides is 1. The molecule has 0 aromatic rings. The van der Waals surface area contributed by atoms with E-state index < -0.39 is 60.4 Å². The second-order valence-corrected chi connectivity index (χ2v) is 7.17. The summed E-state index contributed by atoms with van der Waals surface area (Å²) in [5, 5.41) is 25.5. The van der Waals surface area contributed by atoms with Crippen LogP contribution in [-0.4, -0.2) is 76.3 Å². The van der Waals surface area contributed by atoms with E-state index in [0.717, 1.165) is 0 Å². The molecule has 0 saturated heterocycles. The molecule has 0 fully saturated rings. The zero-order valence-corrected chi connectivity index (χ0v) is 17.9. The Morgan fingerprint density at radius 2 is 1.53 bits per heavy atom. The highest BCUT2D eigenvalue weighted by atomic mass is 32.1. The van der Waals surface area contributed by atoms with Gasteiger partial charge in [-0.05, 0) is 12.3 Å². The third-order valence-corrected chi connectivity index (χ3v) is 4.81. The van der Waals surface area contributed by atoms with Crippen LogP contribution in [0.25, 0.3) is 0 Å². The van der Waals surface area contributed by atoms with Crippen molar-refractivity contribution in [3.05, 3.63) is 0 Å². The largest absolute Gasteiger partial charge is 0.480 e. The van der Waals surface area contributed by atoms with Gasteiger partial charge in [-0.15, -0.1) is 0 Å². The monoisotopic (exact) mass is 449 g/mol. The third-order valence-electron chi connectivity index (χ3n) is 4.45. The minimum absolute atomic E-state index is 0.0468. The van der Waals surface area contributed by atoms with Gasteiger partial charge in [-0.3, -0.25) is 19.2 Å². The quantitative estimate of drug-likeness (QED) is 0.128. The second kappa shape index (κ2) is 13.8. The van der Waals surface area contributed by atoms with E-state index in [1.807, 2.05) is 0 Å². The smallest absolute Gasteiger partial charge is 0.326 e. The predicted molar refractivity (Wildman–Crippen MR) is 110 cm³/mol. The molecule has 9 N–H and O–H groups in total. The van der Waals surface area contributed by atoms with Crippen LogP contribution in [0.3, 0.4) is 0 Å². The number of hydrogen-bond acceptors (Lipinski definition) is 8. The maximum Gasteiger partial charge on any atom is 0.326 e. The molecular weight excluding hydrogens is 418 g/mol. The third kappa shape index (κ3) is 9.41. The fraction of sp³-hybridized carbons (Fsp3) is 0.706. The molecule has 5 atom stereocenters. The molecule has 0 heterocycles. The molecule has 0 aromatic heterocycles. The van der Waals surface area contributed by atoms with Crippen LogP contribution < -0.4 is 27.4 Å². The summed E-state index contributed by atoms with van der Waals surface area (Å²) in [6.07, 6.45) is 0.325. The van der Waals surface area contributed by atoms with Gasteiger partial charge in [0.2, 0.25) is 23.6 Å². The first-order valence-electron chi connectivity index (χ1n) is 9.37. The van der Waals surface area contributed by atoms with Crippen LogP contribution in [0.15, 0.2) is 0 Å². The molecule has 0 aliphatic heterocycles. The van der Waals surface area contributed by atoms with Crippen molar-refractivity contribution < 1.29 is 34.2 Å². The Labute approximate surface area is 179 Å². The fourth-order valence-electron chi connectivity index (χ4n) is 2.31. The van der Waals surface area contributed by atoms with Crippen LogP contribution in [0.1, 0.15) is 33.1 Å². The number of hydrogen-bond donors (Lipinski definition) is 8. The molecule has 4 amide bonds. The standard InChI is InChI=1S/C17H31N5O7S/c1-3-8(2)13(17(28)29)22-16(27)11(7-30)21-15(26)10(6-23)20-14(25)9(18)4-5-12(19)24/h8-11,13,23,30H,3-7,18H2,1-2H3,(H2,19,24)(H,20,25)(H,21,26)(H,22,27)(H,28,29). The number of carbonyl (C=O) groups is 5. The molecule has 172 valence electrons. The Hall–Kier alpha value is -2.38. The van der Waals surface area contributed by atoms with Crippen LogP contribution in [0.4, 0.5) is 0 Å². The molecule has 0 radical (unpaired) electrons. The number of carboxylic acid groups (broad SMARTS) is 1. The van der Waals surface area contributed by atoms with E-state index in [4.69, 9.17) is 11.5 Å². The van der Waals surface area contributed by atoms with Gasteiger partial charge >= 0.3 is 5.97 Å². The number of nitrogens with one attached hydrogen (secondary N) is 3. The summed E-state index contributed by atoms with van der Waals surface area (Å²) in [6.45, 7) is 2.64. The number of aliphatic hydroxyl groups is 1. The molecule has 12 nitrogen and oxygen atoms in total. The minimum Gasteiger partial charge on any atom is -0.480 e. The van der Waals surface area contributed by atoms with Gasteiger partial charge < -0.3 is 37.6 Å². The summed E-state index contributed by atoms with van der Waals surface area (Å²) in [4.78, 5) is 58.9. The molecule has 0 aliphatic carbocycles. The molecule has 0 aromatic carbocycles. The lowest BCUT2D eigenvalue weighted by atomic mass is 9.99. The minimum atomic E-state index is -1.42. The van der Waals surface area contributed by atoms with Crippen molar-refractivity contribution in [1.29, 1.82) is 0 Å². The van der Waals surface area contributed by atoms with E-state index in [2.05, 4.69) is 28.6 Å². The fourth-order valence-corrected chi connectivity index (χ4v) is 2.56. The highest BCUT2D eigenvalue weighted by molar-refractivity contribution is 7.80. The first-order valence-corrected chi connectivity index (χ1v) is 10.0. The molecule has 0 saturated carbocycles. The molecule has 5 unspecified atom stereocenters. The topological polar surface area (TPSA) is 214 Å². The molecule has 30 heavy (non-hydrogen) atoms. The van der Waals surface area contributed by atoms with Crippen LogP contribution in [-0.2, 0) is 24.0 Å². The number of thiol groups is 1. The Bertz CT molecular complexity index is 634. The Morgan fingerprint density at radius 1 is 1.00 bits per heavy atom. The van der Waals surface area contributed by atoms with Crippen LogP contribution >= 0.6 is 12.6 Å². The number of amides is 4. The van der Waals surface area contributed by atoms with Crippen molar-refractivity contribution >= 4 is 42.2 Å². The van der Waals surface area contributed by atoms with Crippen molar-refractivity contribution in [2.45, 2.75) is 57.3 Å². The highest BCUT2D eigenvalue weighted by Crippen LogP contribution is 2.08. The number of carbonyl (C=O) groups excluding carboxylic acids is 4. The zero-order valence-electron chi connectivity index (χ0n) is 17.0. The summed E-state index contributed by atoms with van der Waals surface area (Å²) >= 11 is 3.99. The maximum absolute atomic E-state index is 12.4. The molecular formula is C17H31N5O7S. The molecule has 13 heteroatoms. The van der Waals surface area contributed by atoms with E-state index in [1.165, 1.54) is 0 Å². The van der Waals surface area contributed by atoms with Crippen LogP contribution in [0.2, 0.25) is 0 Å². The van der Waals surface area contributed by atoms with Crippen molar-refractivity contribution in [2.24, 2.45) is 17.4 Å². The van der Waals surface area contributed by atoms with Gasteiger partial charge in [-0.1, -0.05) is 20.3 Å². The average molecular weight is 450 g/mol. The lowest BCUT2D eigenvalue weighted by Gasteiger charge is -2.25. The molecule has 0 spiro atoms. The summed E-state index contributed by atoms with van der Waals surface area (Å²) in [6, 6.07) is -4.91. The lowest BCUT2D eigenvalue weighted by molar-refractivity contribution is -0.143. The predicted octanol–water partition coefficient (Wildman–Crippen LogP) is -2.91. The molecule has 0 bridgehead atoms. The summed E-state index contributed by atoms with van der Waals surface area (Å²) in [5.41, 5.74) is 10.6. The number of nitrogens with two attached hydrogens (primary N) is 2. The van der Waals surface area contributed by atoms with Crippen LogP contribution in [0, 0.1) is 5.92 Å². The van der Waals surface area contributed by atoms with E-state index in [0.29, 0.717) is 6.42 Å². The van der Waals surface area contributed by atoms with Gasteiger partial charge in [-0.2, -0.15) is 12.6 Å². The summed E-state index contributed by atoms with van der Waals surface area (Å²) in [7, 11) is 0. The van der Waals surface area contributed by atoms with Gasteiger partial charge in [0, 0.05) is 12.2 Å². The SMILES string of the molecule is CCC(C)C(NC(=O)C(CS)NC(=O)C(CO)NC(=O)C(N)CCC(N)=O)C(=O)O. The van der Waals surface area contributed by atoms with Crippen LogP contribution in [0.5, 0.6) is 0 Å². The van der Waals surface area contributed by atoms with E-state index in [-0.39, 0.29) is 24.5 Å². The summed E-state index contributed by atoms with van der Waals surface area (Å²) < 4.78 is 0. The molecule has 0 rings (SSSR count). The van der Waals surface area contributed by atoms with Crippen molar-refractivity contribution in [2.75, 3.05) is 12.4 Å². The zero-order chi connectivity index (χ0) is 23.4. The number of rotatable bonds is 14. The van der Waals surface area contributed by atoms with E-state index in [9.17, 15) is 34.2 Å². The number of carboxylic acids is 1. The van der Waals surface area contributed by atoms with Gasteiger partial charge in [0.05, 0.1) is 12.6 Å². The Balaban J connectivity index is 5.00. The van der Waals surface area contributed by atoms with E-state index in [1.54, 1.807) is 13.8 Å². The second-order valence-electron chi connectivity index (χ2n) is 6.81. The first-order chi connectivity index (χ1) is 14.0. The summed E-state index contributed by atoms with van der Waals surface area (Å²) in [5.74, 6) is -4.82. The first kappa shape index (κ1) is 27.6. The van der Waals surface area contributed by atoms with E-state index >= 15 is 0 Å². The number of aliphatic hydroxyl groups excluding tert-OH is 1. The highest BCUT2D eigenvalue weighted by Gasteiger charge is 2.31. The normalized spacial score (nSPS) is 15.8. The Kier molecular flexibility index (Phi) is 12.7. The van der Waals surface area contributed by atoms with Gasteiger partial charge in [-0.25, -0.2) is 4.79 Å². The average Bonchev–Trinajstić information content (AvgIpc) is 2.70. The van der Waals surface area contributed by atoms with Gasteiger partial charge in [0.25, 0.3) is 0 Å². The van der Waals surface area contributed by atoms with Crippen molar-refractivity contribution in [1.82, 2.24) is 16.0 Å². The van der Waals surface area contributed by atoms with Crippen molar-refractivity contribution in [3.63, 3.8) is 0 Å². The van der Waals surface area contributed by atoms with Gasteiger partial charge in [0.15, 0.2) is 0 Å². The number of aliphatic carboxylic acids is 1. The van der Waals surface area contributed by atoms with Gasteiger partial charge in [0.1, 0.15) is 18.1 Å².